The molecule has 7 heteroatoms. The van der Waals surface area contributed by atoms with E-state index in [-0.39, 0.29) is 23.8 Å². The smallest absolute Gasteiger partial charge is 0.229 e. The van der Waals surface area contributed by atoms with Crippen LogP contribution < -0.4 is 15.6 Å². The van der Waals surface area contributed by atoms with Gasteiger partial charge in [0.15, 0.2) is 0 Å². The highest BCUT2D eigenvalue weighted by molar-refractivity contribution is 5.81. The molecule has 2 N–H and O–H groups in total. The summed E-state index contributed by atoms with van der Waals surface area (Å²) in [6.45, 7) is 3.19. The molecule has 2 unspecified atom stereocenters. The van der Waals surface area contributed by atoms with Crippen molar-refractivity contribution in [1.29, 1.82) is 0 Å². The van der Waals surface area contributed by atoms with Crippen LogP contribution in [0.5, 0.6) is 5.75 Å². The summed E-state index contributed by atoms with van der Waals surface area (Å²) in [7, 11) is 1.65. The first kappa shape index (κ1) is 22.3. The van der Waals surface area contributed by atoms with Crippen LogP contribution >= 0.6 is 0 Å². The second-order valence-corrected chi connectivity index (χ2v) is 8.43. The molecule has 0 saturated carbocycles. The van der Waals surface area contributed by atoms with Crippen LogP contribution in [0.3, 0.4) is 0 Å². The number of aryl methyl sites for hydroxylation is 1. The van der Waals surface area contributed by atoms with Gasteiger partial charge in [-0.2, -0.15) is 0 Å². The lowest BCUT2D eigenvalue weighted by atomic mass is 9.93. The highest BCUT2D eigenvalue weighted by Gasteiger charge is 2.37. The lowest BCUT2D eigenvalue weighted by Gasteiger charge is -2.27. The number of amides is 2. The molecule has 2 aromatic rings. The van der Waals surface area contributed by atoms with E-state index < -0.39 is 0 Å². The number of carbonyl (C=O) groups is 2. The molecule has 2 fully saturated rings. The number of rotatable bonds is 6. The summed E-state index contributed by atoms with van der Waals surface area (Å²) in [6.07, 6.45) is 2.00. The average molecular weight is 437 g/mol. The van der Waals surface area contributed by atoms with E-state index in [0.29, 0.717) is 45.6 Å². The van der Waals surface area contributed by atoms with Gasteiger partial charge in [-0.1, -0.05) is 42.5 Å². The van der Waals surface area contributed by atoms with E-state index >= 15 is 0 Å². The third kappa shape index (κ3) is 5.29. The standard InChI is InChI=1S/C25H32N4O3/c1-32-21-11-8-19(9-12-21)10-13-23(30)28-14-5-15-29(17-16-28)25(31)22-18-26-27-24(22)20-6-3-2-4-7-20/h2-4,6-9,11-12,22,24,26-27H,5,10,13-18H2,1H3. The lowest BCUT2D eigenvalue weighted by molar-refractivity contribution is -0.136. The van der Waals surface area contributed by atoms with Gasteiger partial charge in [0.05, 0.1) is 19.1 Å². The normalized spacial score (nSPS) is 21.3. The molecular formula is C25H32N4O3. The van der Waals surface area contributed by atoms with Gasteiger partial charge in [0.2, 0.25) is 11.8 Å². The minimum Gasteiger partial charge on any atom is -0.497 e. The third-order valence-electron chi connectivity index (χ3n) is 6.40. The van der Waals surface area contributed by atoms with Crippen LogP contribution in [0.2, 0.25) is 0 Å². The van der Waals surface area contributed by atoms with Gasteiger partial charge in [-0.15, -0.1) is 0 Å². The maximum Gasteiger partial charge on any atom is 0.229 e. The number of ether oxygens (including phenoxy) is 1. The maximum atomic E-state index is 13.3. The predicted octanol–water partition coefficient (Wildman–Crippen LogP) is 2.15. The summed E-state index contributed by atoms with van der Waals surface area (Å²) in [6, 6.07) is 17.9. The number of nitrogens with one attached hydrogen (secondary N) is 2. The molecule has 32 heavy (non-hydrogen) atoms. The molecule has 2 saturated heterocycles. The Hall–Kier alpha value is -2.90. The van der Waals surface area contributed by atoms with Crippen LogP contribution in [0.4, 0.5) is 0 Å². The van der Waals surface area contributed by atoms with E-state index in [4.69, 9.17) is 4.74 Å². The van der Waals surface area contributed by atoms with Crippen molar-refractivity contribution in [3.05, 3.63) is 65.7 Å². The minimum absolute atomic E-state index is 0.0332. The highest BCUT2D eigenvalue weighted by atomic mass is 16.5. The quantitative estimate of drug-likeness (QED) is 0.726. The molecule has 0 radical (unpaired) electrons. The summed E-state index contributed by atoms with van der Waals surface area (Å²) >= 11 is 0. The van der Waals surface area contributed by atoms with Gasteiger partial charge >= 0.3 is 0 Å². The Morgan fingerprint density at radius 2 is 1.69 bits per heavy atom. The zero-order valence-electron chi connectivity index (χ0n) is 18.6. The molecule has 0 aromatic heterocycles. The van der Waals surface area contributed by atoms with E-state index in [1.165, 1.54) is 0 Å². The van der Waals surface area contributed by atoms with Crippen LogP contribution in [0.15, 0.2) is 54.6 Å². The largest absolute Gasteiger partial charge is 0.497 e. The Kier molecular flexibility index (Phi) is 7.39. The summed E-state index contributed by atoms with van der Waals surface area (Å²) < 4.78 is 5.19. The molecule has 0 bridgehead atoms. The van der Waals surface area contributed by atoms with Crippen molar-refractivity contribution < 1.29 is 14.3 Å². The van der Waals surface area contributed by atoms with E-state index in [1.54, 1.807) is 7.11 Å². The second kappa shape index (κ2) is 10.6. The van der Waals surface area contributed by atoms with Crippen molar-refractivity contribution in [2.75, 3.05) is 39.8 Å². The average Bonchev–Trinajstić information content (AvgIpc) is 3.20. The number of hydrogen-bond acceptors (Lipinski definition) is 5. The predicted molar refractivity (Wildman–Crippen MR) is 123 cm³/mol. The fourth-order valence-corrected chi connectivity index (χ4v) is 4.53. The third-order valence-corrected chi connectivity index (χ3v) is 6.40. The number of hydrogen-bond donors (Lipinski definition) is 2. The molecule has 2 atom stereocenters. The van der Waals surface area contributed by atoms with Crippen molar-refractivity contribution in [2.45, 2.75) is 25.3 Å². The summed E-state index contributed by atoms with van der Waals surface area (Å²) in [4.78, 5) is 30.0. The SMILES string of the molecule is COc1ccc(CCC(=O)N2CCCN(C(=O)C3CNNC3c3ccccc3)CC2)cc1. The number of nitrogens with zero attached hydrogens (tertiary/aromatic N) is 2. The molecule has 2 aliphatic heterocycles. The first-order chi connectivity index (χ1) is 15.7. The molecule has 2 aromatic carbocycles. The van der Waals surface area contributed by atoms with Crippen LogP contribution in [0.1, 0.15) is 30.0 Å². The molecule has 2 amide bonds. The molecule has 2 aliphatic rings. The van der Waals surface area contributed by atoms with Crippen molar-refractivity contribution in [3.8, 4) is 5.75 Å². The van der Waals surface area contributed by atoms with E-state index in [0.717, 1.165) is 23.3 Å². The summed E-state index contributed by atoms with van der Waals surface area (Å²) in [5.41, 5.74) is 8.64. The number of methoxy groups -OCH3 is 1. The molecule has 170 valence electrons. The zero-order chi connectivity index (χ0) is 22.3. The van der Waals surface area contributed by atoms with Gasteiger partial charge in [-0.3, -0.25) is 15.0 Å². The van der Waals surface area contributed by atoms with Gasteiger partial charge in [-0.25, -0.2) is 5.43 Å². The van der Waals surface area contributed by atoms with Gasteiger partial charge in [0.1, 0.15) is 5.75 Å². The van der Waals surface area contributed by atoms with Crippen molar-refractivity contribution in [1.82, 2.24) is 20.7 Å². The van der Waals surface area contributed by atoms with Crippen molar-refractivity contribution in [3.63, 3.8) is 0 Å². The Morgan fingerprint density at radius 3 is 2.44 bits per heavy atom. The maximum absolute atomic E-state index is 13.3. The van der Waals surface area contributed by atoms with Gasteiger partial charge in [0, 0.05) is 39.1 Å². The summed E-state index contributed by atoms with van der Waals surface area (Å²) in [5, 5.41) is 0. The molecule has 0 aliphatic carbocycles. The fourth-order valence-electron chi connectivity index (χ4n) is 4.53. The Labute approximate surface area is 189 Å². The summed E-state index contributed by atoms with van der Waals surface area (Å²) in [5.74, 6) is 0.986. The highest BCUT2D eigenvalue weighted by Crippen LogP contribution is 2.27. The minimum atomic E-state index is -0.144. The number of carbonyl (C=O) groups excluding carboxylic acids is 2. The first-order valence-corrected chi connectivity index (χ1v) is 11.4. The number of hydrazine groups is 1. The Bertz CT molecular complexity index is 903. The van der Waals surface area contributed by atoms with Crippen LogP contribution in [-0.2, 0) is 16.0 Å². The molecule has 4 rings (SSSR count). The van der Waals surface area contributed by atoms with Crippen LogP contribution in [-0.4, -0.2) is 61.4 Å². The monoisotopic (exact) mass is 436 g/mol. The van der Waals surface area contributed by atoms with E-state index in [1.807, 2.05) is 52.3 Å². The van der Waals surface area contributed by atoms with Crippen LogP contribution in [0, 0.1) is 5.92 Å². The van der Waals surface area contributed by atoms with Crippen LogP contribution in [0.25, 0.3) is 0 Å². The molecule has 2 heterocycles. The molecular weight excluding hydrogens is 404 g/mol. The van der Waals surface area contributed by atoms with E-state index in [9.17, 15) is 9.59 Å². The van der Waals surface area contributed by atoms with Gasteiger partial charge in [0.25, 0.3) is 0 Å². The van der Waals surface area contributed by atoms with E-state index in [2.05, 4.69) is 23.0 Å². The van der Waals surface area contributed by atoms with Gasteiger partial charge < -0.3 is 14.5 Å². The Morgan fingerprint density at radius 1 is 0.969 bits per heavy atom. The first-order valence-electron chi connectivity index (χ1n) is 11.4. The number of benzene rings is 2. The Balaban J connectivity index is 1.30. The topological polar surface area (TPSA) is 73.9 Å². The second-order valence-electron chi connectivity index (χ2n) is 8.43. The molecule has 7 nitrogen and oxygen atoms in total. The zero-order valence-corrected chi connectivity index (χ0v) is 18.6. The van der Waals surface area contributed by atoms with Crippen molar-refractivity contribution >= 4 is 11.8 Å². The molecule has 0 spiro atoms. The lowest BCUT2D eigenvalue weighted by Crippen LogP contribution is -2.42. The van der Waals surface area contributed by atoms with Crippen molar-refractivity contribution in [2.24, 2.45) is 5.92 Å². The fraction of sp³-hybridized carbons (Fsp3) is 0.440. The van der Waals surface area contributed by atoms with Gasteiger partial charge in [-0.05, 0) is 36.1 Å².